The Morgan fingerprint density at radius 2 is 2.00 bits per heavy atom. The Kier molecular flexibility index (Phi) is 8.53. The summed E-state index contributed by atoms with van der Waals surface area (Å²) in [7, 11) is 0. The molecule has 188 valence electrons. The minimum atomic E-state index is -0.939. The summed E-state index contributed by atoms with van der Waals surface area (Å²) in [5.74, 6) is -0.575. The van der Waals surface area contributed by atoms with Crippen LogP contribution in [-0.2, 0) is 16.2 Å². The van der Waals surface area contributed by atoms with E-state index in [2.05, 4.69) is 15.1 Å². The van der Waals surface area contributed by atoms with Gasteiger partial charge < -0.3 is 25.3 Å². The van der Waals surface area contributed by atoms with Crippen molar-refractivity contribution in [3.05, 3.63) is 42.0 Å². The fourth-order valence-corrected chi connectivity index (χ4v) is 3.32. The predicted octanol–water partition coefficient (Wildman–Crippen LogP) is 2.54. The summed E-state index contributed by atoms with van der Waals surface area (Å²) in [6.07, 6.45) is 4.09. The summed E-state index contributed by atoms with van der Waals surface area (Å²) in [5, 5.41) is 22.8. The lowest BCUT2D eigenvalue weighted by molar-refractivity contribution is 0.0296. The Balaban J connectivity index is 1.57. The quantitative estimate of drug-likeness (QED) is 0.191. The normalized spacial score (nSPS) is 13.8. The van der Waals surface area contributed by atoms with E-state index in [1.807, 2.05) is 10.2 Å². The number of carbonyl (C=O) groups excluding carboxylic acids is 1. The lowest BCUT2D eigenvalue weighted by Crippen LogP contribution is -2.36. The number of guanidine groups is 1. The number of rotatable bonds is 8. The minimum Gasteiger partial charge on any atom is -0.444 e. The molecule has 1 fully saturated rings. The van der Waals surface area contributed by atoms with Gasteiger partial charge in [-0.15, -0.1) is 0 Å². The summed E-state index contributed by atoms with van der Waals surface area (Å²) < 4.78 is 19.9. The van der Waals surface area contributed by atoms with Crippen LogP contribution in [0.15, 0.2) is 35.7 Å². The Morgan fingerprint density at radius 1 is 1.31 bits per heavy atom. The van der Waals surface area contributed by atoms with Gasteiger partial charge in [-0.25, -0.2) is 19.2 Å². The van der Waals surface area contributed by atoms with Gasteiger partial charge >= 0.3 is 6.09 Å². The largest absolute Gasteiger partial charge is 0.444 e. The molecule has 35 heavy (non-hydrogen) atoms. The number of nitrogens with one attached hydrogen (secondary N) is 2. The van der Waals surface area contributed by atoms with E-state index in [1.54, 1.807) is 38.4 Å². The number of amides is 1. The molecular formula is C23H30FN7O4. The first kappa shape index (κ1) is 25.8. The molecule has 2 heterocycles. The molecule has 0 radical (unpaired) electrons. The molecule has 11 nitrogen and oxygen atoms in total. The van der Waals surface area contributed by atoms with Gasteiger partial charge in [-0.1, -0.05) is 23.4 Å². The second-order valence-electron chi connectivity index (χ2n) is 8.71. The number of nitrogens with two attached hydrogens (primary N) is 1. The summed E-state index contributed by atoms with van der Waals surface area (Å²) in [6, 6.07) is 4.73. The van der Waals surface area contributed by atoms with Gasteiger partial charge in [0.25, 0.3) is 0 Å². The van der Waals surface area contributed by atoms with E-state index in [1.165, 1.54) is 6.07 Å². The third-order valence-electron chi connectivity index (χ3n) is 5.25. The molecule has 0 spiro atoms. The molecule has 0 bridgehead atoms. The number of aromatic nitrogens is 2. The van der Waals surface area contributed by atoms with Crippen LogP contribution in [0.25, 0.3) is 11.1 Å². The number of carbonyl (C=O) groups is 1. The molecule has 5 N–H and O–H groups in total. The van der Waals surface area contributed by atoms with Crippen molar-refractivity contribution in [1.29, 1.82) is 5.41 Å². The molecular weight excluding hydrogens is 457 g/mol. The highest BCUT2D eigenvalue weighted by Crippen LogP contribution is 2.26. The fraction of sp³-hybridized carbons (Fsp3) is 0.435. The monoisotopic (exact) mass is 487 g/mol. The molecule has 2 aromatic rings. The van der Waals surface area contributed by atoms with Crippen molar-refractivity contribution in [3.8, 4) is 11.1 Å². The van der Waals surface area contributed by atoms with Crippen LogP contribution < -0.4 is 16.0 Å². The van der Waals surface area contributed by atoms with Gasteiger partial charge in [0, 0.05) is 61.4 Å². The average Bonchev–Trinajstić information content (AvgIpc) is 2.81. The van der Waals surface area contributed by atoms with Crippen molar-refractivity contribution in [2.75, 3.05) is 24.6 Å². The van der Waals surface area contributed by atoms with E-state index in [9.17, 15) is 14.3 Å². The number of oxime groups is 1. The van der Waals surface area contributed by atoms with Crippen molar-refractivity contribution in [1.82, 2.24) is 15.3 Å². The van der Waals surface area contributed by atoms with Crippen LogP contribution >= 0.6 is 0 Å². The third-order valence-corrected chi connectivity index (χ3v) is 5.25. The highest BCUT2D eigenvalue weighted by atomic mass is 19.1. The first-order valence-corrected chi connectivity index (χ1v) is 11.1. The summed E-state index contributed by atoms with van der Waals surface area (Å²) in [6.45, 7) is 4.84. The molecule has 0 unspecified atom stereocenters. The highest BCUT2D eigenvalue weighted by molar-refractivity contribution is 5.90. The molecule has 0 atom stereocenters. The Bertz CT molecular complexity index is 1060. The maximum Gasteiger partial charge on any atom is 0.414 e. The number of benzene rings is 1. The molecule has 1 aromatic carbocycles. The van der Waals surface area contributed by atoms with Gasteiger partial charge in [-0.3, -0.25) is 10.7 Å². The topological polar surface area (TPSA) is 159 Å². The first-order valence-electron chi connectivity index (χ1n) is 11.1. The van der Waals surface area contributed by atoms with Crippen molar-refractivity contribution in [2.24, 2.45) is 10.9 Å². The van der Waals surface area contributed by atoms with Gasteiger partial charge in [-0.05, 0) is 13.8 Å². The lowest BCUT2D eigenvalue weighted by atomic mass is 10.1. The number of aliphatic hydroxyl groups is 1. The molecule has 1 amide bonds. The molecule has 1 saturated heterocycles. The van der Waals surface area contributed by atoms with Crippen molar-refractivity contribution in [2.45, 2.75) is 45.3 Å². The zero-order valence-corrected chi connectivity index (χ0v) is 19.8. The van der Waals surface area contributed by atoms with Gasteiger partial charge in [0.2, 0.25) is 5.95 Å². The van der Waals surface area contributed by atoms with Crippen LogP contribution in [-0.4, -0.2) is 58.1 Å². The number of ether oxygens (including phenoxy) is 1. The van der Waals surface area contributed by atoms with E-state index >= 15 is 0 Å². The van der Waals surface area contributed by atoms with Crippen LogP contribution in [0, 0.1) is 11.2 Å². The predicted molar refractivity (Wildman–Crippen MR) is 128 cm³/mol. The van der Waals surface area contributed by atoms with E-state index in [0.717, 1.165) is 5.71 Å². The number of hydrogen-bond donors (Lipinski definition) is 4. The Hall–Kier alpha value is -3.80. The molecule has 1 aliphatic rings. The number of hydrogen-bond acceptors (Lipinski definition) is 9. The molecule has 1 aliphatic heterocycles. The molecule has 0 aliphatic carbocycles. The lowest BCUT2D eigenvalue weighted by Gasteiger charge is -2.27. The van der Waals surface area contributed by atoms with Crippen molar-refractivity contribution < 1.29 is 23.9 Å². The fourth-order valence-electron chi connectivity index (χ4n) is 3.32. The third kappa shape index (κ3) is 7.88. The van der Waals surface area contributed by atoms with E-state index in [-0.39, 0.29) is 17.7 Å². The van der Waals surface area contributed by atoms with E-state index in [4.69, 9.17) is 20.7 Å². The second-order valence-corrected chi connectivity index (χ2v) is 8.71. The maximum atomic E-state index is 15.0. The SMILES string of the molecule is CC(C)(O)CCON=C1CCN(c2ncc(-c3cccc(COC(=O)NC(=N)N)c3F)cn2)CC1. The highest BCUT2D eigenvalue weighted by Gasteiger charge is 2.19. The number of alkyl carbamates (subject to hydrolysis) is 1. The second kappa shape index (κ2) is 11.6. The summed E-state index contributed by atoms with van der Waals surface area (Å²) in [5.41, 5.74) is 6.16. The van der Waals surface area contributed by atoms with Crippen LogP contribution in [0.4, 0.5) is 15.1 Å². The van der Waals surface area contributed by atoms with Crippen molar-refractivity contribution >= 4 is 23.7 Å². The summed E-state index contributed by atoms with van der Waals surface area (Å²) in [4.78, 5) is 27.6. The minimum absolute atomic E-state index is 0.165. The number of piperidine rings is 1. The number of halogens is 1. The maximum absolute atomic E-state index is 15.0. The zero-order valence-electron chi connectivity index (χ0n) is 19.8. The molecule has 3 rings (SSSR count). The van der Waals surface area contributed by atoms with Gasteiger partial charge in [0.05, 0.1) is 11.3 Å². The van der Waals surface area contributed by atoms with E-state index < -0.39 is 23.5 Å². The first-order chi connectivity index (χ1) is 16.6. The smallest absolute Gasteiger partial charge is 0.414 e. The average molecular weight is 488 g/mol. The van der Waals surface area contributed by atoms with Crippen molar-refractivity contribution in [3.63, 3.8) is 0 Å². The number of anilines is 1. The van der Waals surface area contributed by atoms with Crippen LogP contribution in [0.1, 0.15) is 38.7 Å². The zero-order chi connectivity index (χ0) is 25.4. The molecule has 1 aromatic heterocycles. The summed E-state index contributed by atoms with van der Waals surface area (Å²) >= 11 is 0. The van der Waals surface area contributed by atoms with Crippen LogP contribution in [0.5, 0.6) is 0 Å². The molecule has 0 saturated carbocycles. The van der Waals surface area contributed by atoms with Gasteiger partial charge in [-0.2, -0.15) is 0 Å². The Labute approximate surface area is 202 Å². The molecule has 12 heteroatoms. The van der Waals surface area contributed by atoms with E-state index in [0.29, 0.717) is 50.5 Å². The van der Waals surface area contributed by atoms with Gasteiger partial charge in [0.15, 0.2) is 5.96 Å². The van der Waals surface area contributed by atoms with Gasteiger partial charge in [0.1, 0.15) is 19.0 Å². The van der Waals surface area contributed by atoms with Crippen LogP contribution in [0.2, 0.25) is 0 Å². The standard InChI is InChI=1S/C23H30FN7O4/c1-23(2,33)8-11-35-30-17-6-9-31(10-7-17)21-27-12-16(13-28-21)18-5-3-4-15(19(18)24)14-34-22(32)29-20(25)26/h3-5,12-13,33H,6-11,14H2,1-2H3,(H4,25,26,29,32). The number of nitrogens with zero attached hydrogens (tertiary/aromatic N) is 4. The Morgan fingerprint density at radius 3 is 2.63 bits per heavy atom. The van der Waals surface area contributed by atoms with Crippen LogP contribution in [0.3, 0.4) is 0 Å².